The maximum absolute atomic E-state index is 14.2. The first kappa shape index (κ1) is 24.5. The van der Waals surface area contributed by atoms with Crippen molar-refractivity contribution in [3.05, 3.63) is 107 Å². The van der Waals surface area contributed by atoms with Crippen LogP contribution in [0.15, 0.2) is 78.9 Å². The molecular weight excluding hydrogens is 466 g/mol. The monoisotopic (exact) mass is 488 g/mol. The van der Waals surface area contributed by atoms with Gasteiger partial charge in [-0.3, -0.25) is 0 Å². The number of esters is 1. The lowest BCUT2D eigenvalue weighted by Crippen LogP contribution is -2.09. The molecule has 0 saturated heterocycles. The molecule has 7 heteroatoms. The number of hydrogen-bond acceptors (Lipinski definition) is 5. The highest BCUT2D eigenvalue weighted by atomic mass is 19.1. The van der Waals surface area contributed by atoms with Gasteiger partial charge in [0.1, 0.15) is 40.2 Å². The lowest BCUT2D eigenvalue weighted by molar-refractivity contribution is 0.0731. The second-order valence-corrected chi connectivity index (χ2v) is 7.79. The van der Waals surface area contributed by atoms with E-state index in [1.807, 2.05) is 24.3 Å². The van der Waals surface area contributed by atoms with Crippen molar-refractivity contribution in [1.82, 2.24) is 0 Å². The van der Waals surface area contributed by atoms with Crippen LogP contribution in [0.4, 0.5) is 8.78 Å². The van der Waals surface area contributed by atoms with Crippen LogP contribution in [0.1, 0.15) is 21.5 Å². The van der Waals surface area contributed by atoms with Crippen LogP contribution in [0, 0.1) is 11.6 Å². The quantitative estimate of drug-likeness (QED) is 0.177. The Morgan fingerprint density at radius 2 is 1.42 bits per heavy atom. The van der Waals surface area contributed by atoms with Gasteiger partial charge in [0.05, 0.1) is 14.2 Å². The number of methoxy groups -OCH3 is 2. The predicted octanol–water partition coefficient (Wildman–Crippen LogP) is 6.74. The van der Waals surface area contributed by atoms with E-state index < -0.39 is 17.6 Å². The van der Waals surface area contributed by atoms with E-state index in [-0.39, 0.29) is 22.6 Å². The van der Waals surface area contributed by atoms with Gasteiger partial charge < -0.3 is 19.3 Å². The number of phenolic OH excluding ortho intramolecular Hbond substituents is 1. The number of carbonyl (C=O) groups excluding carboxylic acids is 1. The lowest BCUT2D eigenvalue weighted by Gasteiger charge is -2.09. The van der Waals surface area contributed by atoms with Gasteiger partial charge in [0.25, 0.3) is 0 Å². The molecule has 0 spiro atoms. The zero-order chi connectivity index (χ0) is 25.7. The van der Waals surface area contributed by atoms with Crippen LogP contribution >= 0.6 is 0 Å². The van der Waals surface area contributed by atoms with E-state index in [9.17, 15) is 18.7 Å². The Morgan fingerprint density at radius 3 is 2.06 bits per heavy atom. The largest absolute Gasteiger partial charge is 0.507 e. The molecule has 0 aliphatic carbocycles. The zero-order valence-electron chi connectivity index (χ0n) is 19.5. The van der Waals surface area contributed by atoms with Crippen molar-refractivity contribution in [2.75, 3.05) is 14.2 Å². The van der Waals surface area contributed by atoms with Gasteiger partial charge in [0.15, 0.2) is 0 Å². The molecule has 0 radical (unpaired) electrons. The van der Waals surface area contributed by atoms with Gasteiger partial charge in [-0.05, 0) is 65.2 Å². The molecule has 0 atom stereocenters. The Balaban J connectivity index is 1.49. The second-order valence-electron chi connectivity index (χ2n) is 7.79. The van der Waals surface area contributed by atoms with Gasteiger partial charge in [0.2, 0.25) is 0 Å². The summed E-state index contributed by atoms with van der Waals surface area (Å²) in [5.74, 6) is -1.02. The highest BCUT2D eigenvalue weighted by molar-refractivity contribution is 5.95. The molecule has 182 valence electrons. The molecule has 5 nitrogen and oxygen atoms in total. The average molecular weight is 488 g/mol. The summed E-state index contributed by atoms with van der Waals surface area (Å²) in [6, 6.07) is 19.4. The van der Waals surface area contributed by atoms with E-state index in [0.29, 0.717) is 17.1 Å². The molecule has 36 heavy (non-hydrogen) atoms. The molecule has 0 saturated carbocycles. The van der Waals surface area contributed by atoms with Gasteiger partial charge in [-0.1, -0.05) is 30.4 Å². The molecule has 4 rings (SSSR count). The van der Waals surface area contributed by atoms with Crippen molar-refractivity contribution in [2.45, 2.75) is 0 Å². The summed E-state index contributed by atoms with van der Waals surface area (Å²) in [6.45, 7) is 0. The van der Waals surface area contributed by atoms with Crippen LogP contribution < -0.4 is 14.2 Å². The first-order valence-electron chi connectivity index (χ1n) is 10.9. The second kappa shape index (κ2) is 10.7. The minimum absolute atomic E-state index is 0.0928. The van der Waals surface area contributed by atoms with Crippen molar-refractivity contribution >= 4 is 18.1 Å². The molecule has 0 bridgehead atoms. The number of carbonyl (C=O) groups is 1. The summed E-state index contributed by atoms with van der Waals surface area (Å²) in [5.41, 5.74) is 1.98. The summed E-state index contributed by atoms with van der Waals surface area (Å²) < 4.78 is 43.3. The van der Waals surface area contributed by atoms with Gasteiger partial charge in [-0.15, -0.1) is 0 Å². The van der Waals surface area contributed by atoms with Crippen LogP contribution in [0.3, 0.4) is 0 Å². The third-order valence-electron chi connectivity index (χ3n) is 5.39. The number of ether oxygens (including phenoxy) is 3. The molecule has 0 aliphatic rings. The lowest BCUT2D eigenvalue weighted by atomic mass is 10.0. The van der Waals surface area contributed by atoms with Crippen LogP contribution in [0.25, 0.3) is 23.3 Å². The molecule has 4 aromatic carbocycles. The van der Waals surface area contributed by atoms with Crippen LogP contribution in [0.2, 0.25) is 0 Å². The Hall–Kier alpha value is -4.65. The molecule has 0 aliphatic heterocycles. The Morgan fingerprint density at radius 1 is 0.750 bits per heavy atom. The van der Waals surface area contributed by atoms with Crippen molar-refractivity contribution < 1.29 is 32.9 Å². The molecule has 0 heterocycles. The number of hydrogen-bond donors (Lipinski definition) is 1. The highest BCUT2D eigenvalue weighted by Gasteiger charge is 2.17. The van der Waals surface area contributed by atoms with Crippen molar-refractivity contribution in [1.29, 1.82) is 0 Å². The maximum Gasteiger partial charge on any atom is 0.347 e. The fourth-order valence-corrected chi connectivity index (χ4v) is 3.52. The topological polar surface area (TPSA) is 65.0 Å². The molecule has 1 N–H and O–H groups in total. The molecule has 0 unspecified atom stereocenters. The standard InChI is InChI=1S/C29H22F2O5/c1-34-23-13-19(14-24(17-23)35-2)4-3-18-5-9-22(10-6-18)36-29(33)26-15-20(7-12-28(26)32)25-11-8-21(30)16-27(25)31/h3-17,32H,1-2H3. The Labute approximate surface area is 206 Å². The van der Waals surface area contributed by atoms with Crippen molar-refractivity contribution in [2.24, 2.45) is 0 Å². The van der Waals surface area contributed by atoms with Crippen molar-refractivity contribution in [3.8, 4) is 34.1 Å². The van der Waals surface area contributed by atoms with Crippen molar-refractivity contribution in [3.63, 3.8) is 0 Å². The van der Waals surface area contributed by atoms with E-state index in [4.69, 9.17) is 14.2 Å². The van der Waals surface area contributed by atoms with E-state index in [1.165, 1.54) is 24.3 Å². The van der Waals surface area contributed by atoms with Gasteiger partial charge in [-0.25, -0.2) is 13.6 Å². The summed E-state index contributed by atoms with van der Waals surface area (Å²) in [7, 11) is 3.17. The zero-order valence-corrected chi connectivity index (χ0v) is 19.5. The minimum atomic E-state index is -0.816. The summed E-state index contributed by atoms with van der Waals surface area (Å²) in [5, 5.41) is 10.2. The van der Waals surface area contributed by atoms with E-state index >= 15 is 0 Å². The maximum atomic E-state index is 14.2. The summed E-state index contributed by atoms with van der Waals surface area (Å²) >= 11 is 0. The third kappa shape index (κ3) is 5.70. The Kier molecular flexibility index (Phi) is 7.30. The van der Waals surface area contributed by atoms with Crippen LogP contribution in [-0.2, 0) is 0 Å². The molecule has 0 aromatic heterocycles. The predicted molar refractivity (Wildman–Crippen MR) is 133 cm³/mol. The summed E-state index contributed by atoms with van der Waals surface area (Å²) in [4.78, 5) is 12.7. The first-order valence-corrected chi connectivity index (χ1v) is 10.9. The smallest absolute Gasteiger partial charge is 0.347 e. The molecular formula is C29H22F2O5. The first-order chi connectivity index (χ1) is 17.4. The SMILES string of the molecule is COc1cc(C=Cc2ccc(OC(=O)c3cc(-c4ccc(F)cc4F)ccc3O)cc2)cc(OC)c1. The number of phenols is 1. The Bertz CT molecular complexity index is 1410. The number of halogens is 2. The van der Waals surface area contributed by atoms with E-state index in [2.05, 4.69) is 0 Å². The summed E-state index contributed by atoms with van der Waals surface area (Å²) in [6.07, 6.45) is 3.77. The number of rotatable bonds is 7. The highest BCUT2D eigenvalue weighted by Crippen LogP contribution is 2.29. The average Bonchev–Trinajstić information content (AvgIpc) is 2.88. The normalized spacial score (nSPS) is 10.9. The van der Waals surface area contributed by atoms with Crippen LogP contribution in [0.5, 0.6) is 23.0 Å². The third-order valence-corrected chi connectivity index (χ3v) is 5.39. The van der Waals surface area contributed by atoms with E-state index in [0.717, 1.165) is 23.3 Å². The fourth-order valence-electron chi connectivity index (χ4n) is 3.52. The molecule has 0 amide bonds. The van der Waals surface area contributed by atoms with Gasteiger partial charge >= 0.3 is 5.97 Å². The van der Waals surface area contributed by atoms with Crippen LogP contribution in [-0.4, -0.2) is 25.3 Å². The minimum Gasteiger partial charge on any atom is -0.507 e. The number of aromatic hydroxyl groups is 1. The number of benzene rings is 4. The molecule has 4 aromatic rings. The van der Waals surface area contributed by atoms with E-state index in [1.54, 1.807) is 44.6 Å². The fraction of sp³-hybridized carbons (Fsp3) is 0.0690. The van der Waals surface area contributed by atoms with Gasteiger partial charge in [-0.2, -0.15) is 0 Å². The molecule has 0 fully saturated rings. The van der Waals surface area contributed by atoms with Gasteiger partial charge in [0, 0.05) is 17.7 Å².